The van der Waals surface area contributed by atoms with Crippen LogP contribution in [-0.4, -0.2) is 28.2 Å². The molecule has 0 saturated carbocycles. The molecular formula is C20H35NOS. The van der Waals surface area contributed by atoms with Crippen LogP contribution in [0.3, 0.4) is 0 Å². The maximum absolute atomic E-state index is 8.69. The van der Waals surface area contributed by atoms with Gasteiger partial charge in [0.15, 0.2) is 0 Å². The number of aryl methyl sites for hydroxylation is 1. The van der Waals surface area contributed by atoms with Crippen molar-refractivity contribution >= 4 is 11.8 Å². The van der Waals surface area contributed by atoms with E-state index < -0.39 is 0 Å². The molecule has 0 unspecified atom stereocenters. The summed E-state index contributed by atoms with van der Waals surface area (Å²) in [4.78, 5) is 4.16. The number of aliphatic hydroxyl groups is 1. The molecule has 3 heteroatoms. The van der Waals surface area contributed by atoms with E-state index in [1.165, 1.54) is 81.9 Å². The standard InChI is InChI=1S/C20H35NOS/c22-16-12-18-23-17-10-8-6-4-2-1-3-5-7-9-13-20-14-11-15-21-19-20/h11,14-15,19,22H,1-10,12-13,16-18H2. The zero-order chi connectivity index (χ0) is 16.4. The molecule has 1 aromatic rings. The monoisotopic (exact) mass is 337 g/mol. The van der Waals surface area contributed by atoms with Crippen LogP contribution in [0.1, 0.15) is 76.2 Å². The van der Waals surface area contributed by atoms with E-state index in [-0.39, 0.29) is 0 Å². The molecule has 0 bridgehead atoms. The second-order valence-corrected chi connectivity index (χ2v) is 7.56. The number of unbranched alkanes of at least 4 members (excludes halogenated alkanes) is 9. The van der Waals surface area contributed by atoms with E-state index in [2.05, 4.69) is 11.1 Å². The number of hydrogen-bond donors (Lipinski definition) is 1. The van der Waals surface area contributed by atoms with Crippen LogP contribution in [0.15, 0.2) is 24.5 Å². The maximum Gasteiger partial charge on any atom is 0.0438 e. The summed E-state index contributed by atoms with van der Waals surface area (Å²) >= 11 is 1.99. The lowest BCUT2D eigenvalue weighted by atomic mass is 10.0. The van der Waals surface area contributed by atoms with Crippen LogP contribution in [0, 0.1) is 0 Å². The van der Waals surface area contributed by atoms with Crippen molar-refractivity contribution < 1.29 is 5.11 Å². The van der Waals surface area contributed by atoms with Gasteiger partial charge in [-0.05, 0) is 48.8 Å². The van der Waals surface area contributed by atoms with Crippen LogP contribution < -0.4 is 0 Å². The van der Waals surface area contributed by atoms with Gasteiger partial charge >= 0.3 is 0 Å². The van der Waals surface area contributed by atoms with E-state index in [4.69, 9.17) is 5.11 Å². The number of rotatable bonds is 16. The van der Waals surface area contributed by atoms with Crippen molar-refractivity contribution in [1.29, 1.82) is 0 Å². The SMILES string of the molecule is OCCCSCCCCCCCCCCCCc1cccnc1. The lowest BCUT2D eigenvalue weighted by molar-refractivity contribution is 0.296. The second-order valence-electron chi connectivity index (χ2n) is 6.34. The number of hydrogen-bond acceptors (Lipinski definition) is 3. The van der Waals surface area contributed by atoms with Gasteiger partial charge in [0, 0.05) is 19.0 Å². The van der Waals surface area contributed by atoms with Crippen molar-refractivity contribution in [3.63, 3.8) is 0 Å². The van der Waals surface area contributed by atoms with E-state index in [0.29, 0.717) is 6.61 Å². The third kappa shape index (κ3) is 13.6. The summed E-state index contributed by atoms with van der Waals surface area (Å²) in [6.07, 6.45) is 19.8. The van der Waals surface area contributed by atoms with Crippen LogP contribution in [-0.2, 0) is 6.42 Å². The van der Waals surface area contributed by atoms with Gasteiger partial charge in [0.1, 0.15) is 0 Å². The van der Waals surface area contributed by atoms with Gasteiger partial charge in [-0.25, -0.2) is 0 Å². The highest BCUT2D eigenvalue weighted by atomic mass is 32.2. The topological polar surface area (TPSA) is 33.1 Å². The molecule has 0 saturated heterocycles. The van der Waals surface area contributed by atoms with Crippen molar-refractivity contribution in [2.75, 3.05) is 18.1 Å². The predicted octanol–water partition coefficient (Wildman–Crippen LogP) is 5.64. The third-order valence-corrected chi connectivity index (χ3v) is 5.33. The third-order valence-electron chi connectivity index (χ3n) is 4.17. The summed E-state index contributed by atoms with van der Waals surface area (Å²) < 4.78 is 0. The Bertz CT molecular complexity index is 345. The zero-order valence-corrected chi connectivity index (χ0v) is 15.5. The lowest BCUT2D eigenvalue weighted by Gasteiger charge is -2.03. The predicted molar refractivity (Wildman–Crippen MR) is 103 cm³/mol. The summed E-state index contributed by atoms with van der Waals surface area (Å²) in [5.41, 5.74) is 1.38. The van der Waals surface area contributed by atoms with E-state index in [1.807, 2.05) is 30.2 Å². The number of aromatic nitrogens is 1. The van der Waals surface area contributed by atoms with E-state index >= 15 is 0 Å². The summed E-state index contributed by atoms with van der Waals surface area (Å²) in [5, 5.41) is 8.69. The highest BCUT2D eigenvalue weighted by Crippen LogP contribution is 2.13. The molecule has 23 heavy (non-hydrogen) atoms. The lowest BCUT2D eigenvalue weighted by Crippen LogP contribution is -1.89. The first-order valence-corrected chi connectivity index (χ1v) is 10.7. The van der Waals surface area contributed by atoms with Crippen LogP contribution in [0.2, 0.25) is 0 Å². The molecule has 0 aliphatic carbocycles. The summed E-state index contributed by atoms with van der Waals surface area (Å²) in [5.74, 6) is 2.40. The molecule has 1 N–H and O–H groups in total. The highest BCUT2D eigenvalue weighted by molar-refractivity contribution is 7.99. The largest absolute Gasteiger partial charge is 0.396 e. The number of nitrogens with zero attached hydrogens (tertiary/aromatic N) is 1. The molecule has 1 aromatic heterocycles. The maximum atomic E-state index is 8.69. The molecule has 0 aliphatic rings. The average Bonchev–Trinajstić information content (AvgIpc) is 2.59. The van der Waals surface area contributed by atoms with Crippen molar-refractivity contribution in [1.82, 2.24) is 4.98 Å². The smallest absolute Gasteiger partial charge is 0.0438 e. The van der Waals surface area contributed by atoms with Crippen molar-refractivity contribution in [3.8, 4) is 0 Å². The molecule has 1 heterocycles. The van der Waals surface area contributed by atoms with Crippen LogP contribution in [0.4, 0.5) is 0 Å². The molecule has 0 aromatic carbocycles. The Kier molecular flexibility index (Phi) is 14.6. The van der Waals surface area contributed by atoms with Gasteiger partial charge in [0.2, 0.25) is 0 Å². The molecule has 0 spiro atoms. The Morgan fingerprint density at radius 3 is 2.00 bits per heavy atom. The first kappa shape index (κ1) is 20.5. The van der Waals surface area contributed by atoms with Gasteiger partial charge in [0.25, 0.3) is 0 Å². The number of aliphatic hydroxyl groups excluding tert-OH is 1. The Balaban J connectivity index is 1.72. The molecule has 1 rings (SSSR count). The summed E-state index contributed by atoms with van der Waals surface area (Å²) in [6.45, 7) is 0.344. The number of thioether (sulfide) groups is 1. The number of pyridine rings is 1. The van der Waals surface area contributed by atoms with Crippen LogP contribution >= 0.6 is 11.8 Å². The fourth-order valence-electron chi connectivity index (χ4n) is 2.76. The molecule has 0 amide bonds. The highest BCUT2D eigenvalue weighted by Gasteiger charge is 1.95. The molecule has 132 valence electrons. The van der Waals surface area contributed by atoms with Crippen LogP contribution in [0.5, 0.6) is 0 Å². The molecule has 0 atom stereocenters. The molecule has 0 radical (unpaired) electrons. The Labute approximate surface area is 147 Å². The average molecular weight is 338 g/mol. The first-order valence-electron chi connectivity index (χ1n) is 9.51. The fourth-order valence-corrected chi connectivity index (χ4v) is 3.71. The normalized spacial score (nSPS) is 11.0. The van der Waals surface area contributed by atoms with Gasteiger partial charge < -0.3 is 5.11 Å². The Morgan fingerprint density at radius 2 is 1.39 bits per heavy atom. The van der Waals surface area contributed by atoms with Gasteiger partial charge in [-0.2, -0.15) is 11.8 Å². The van der Waals surface area contributed by atoms with Crippen LogP contribution in [0.25, 0.3) is 0 Å². The van der Waals surface area contributed by atoms with E-state index in [1.54, 1.807) is 0 Å². The zero-order valence-electron chi connectivity index (χ0n) is 14.7. The van der Waals surface area contributed by atoms with Gasteiger partial charge in [-0.3, -0.25) is 4.98 Å². The van der Waals surface area contributed by atoms with E-state index in [0.717, 1.165) is 12.2 Å². The molecular weight excluding hydrogens is 302 g/mol. The minimum absolute atomic E-state index is 0.344. The van der Waals surface area contributed by atoms with Gasteiger partial charge in [0.05, 0.1) is 0 Å². The van der Waals surface area contributed by atoms with E-state index in [9.17, 15) is 0 Å². The van der Waals surface area contributed by atoms with Crippen molar-refractivity contribution in [2.45, 2.75) is 77.0 Å². The van der Waals surface area contributed by atoms with Gasteiger partial charge in [-0.15, -0.1) is 0 Å². The second kappa shape index (κ2) is 16.3. The summed E-state index contributed by atoms with van der Waals surface area (Å²) in [7, 11) is 0. The minimum atomic E-state index is 0.344. The fraction of sp³-hybridized carbons (Fsp3) is 0.750. The van der Waals surface area contributed by atoms with Crippen molar-refractivity contribution in [2.24, 2.45) is 0 Å². The quantitative estimate of drug-likeness (QED) is 0.396. The molecule has 2 nitrogen and oxygen atoms in total. The summed E-state index contributed by atoms with van der Waals surface area (Å²) in [6, 6.07) is 4.21. The molecule has 0 aliphatic heterocycles. The first-order chi connectivity index (χ1) is 11.4. The Morgan fingerprint density at radius 1 is 0.783 bits per heavy atom. The minimum Gasteiger partial charge on any atom is -0.396 e. The van der Waals surface area contributed by atoms with Crippen molar-refractivity contribution in [3.05, 3.63) is 30.1 Å². The Hall–Kier alpha value is -0.540. The molecule has 0 fully saturated rings. The van der Waals surface area contributed by atoms with Gasteiger partial charge in [-0.1, -0.05) is 57.4 Å².